The molecule has 3 N–H and O–H groups in total. The van der Waals surface area contributed by atoms with Gasteiger partial charge in [-0.3, -0.25) is 0 Å². The van der Waals surface area contributed by atoms with Crippen molar-refractivity contribution >= 4 is 6.09 Å². The van der Waals surface area contributed by atoms with Crippen LogP contribution < -0.4 is 5.32 Å². The third-order valence-electron chi connectivity index (χ3n) is 3.65. The Morgan fingerprint density at radius 1 is 1.16 bits per heavy atom. The number of nitrogens with one attached hydrogen (secondary N) is 1. The smallest absolute Gasteiger partial charge is 0.407 e. The molecule has 0 saturated carbocycles. The standard InChI is InChI=1S/C18H19F2NO4/c1-11-7-8-13(19)15(16(11)20)17(23)14(22)9-21-18(24)25-10-12-5-3-2-4-6-12/h2-8,14,17,22-23H,9-10H2,1H3,(H,21,24). The van der Waals surface area contributed by atoms with Crippen LogP contribution in [0.1, 0.15) is 22.8 Å². The van der Waals surface area contributed by atoms with E-state index in [1.807, 2.05) is 6.07 Å². The molecular formula is C18H19F2NO4. The molecule has 0 bridgehead atoms. The molecule has 2 aromatic carbocycles. The summed E-state index contributed by atoms with van der Waals surface area (Å²) in [5, 5.41) is 22.1. The Hall–Kier alpha value is -2.51. The second kappa shape index (κ2) is 8.55. The zero-order chi connectivity index (χ0) is 18.4. The van der Waals surface area contributed by atoms with Gasteiger partial charge >= 0.3 is 6.09 Å². The highest BCUT2D eigenvalue weighted by molar-refractivity contribution is 5.67. The molecule has 2 unspecified atom stereocenters. The molecule has 2 aromatic rings. The van der Waals surface area contributed by atoms with Crippen LogP contribution in [0.5, 0.6) is 0 Å². The van der Waals surface area contributed by atoms with Crippen molar-refractivity contribution in [3.8, 4) is 0 Å². The molecule has 0 fully saturated rings. The van der Waals surface area contributed by atoms with Crippen LogP contribution in [-0.4, -0.2) is 29.0 Å². The average molecular weight is 351 g/mol. The molecule has 0 aliphatic carbocycles. The van der Waals surface area contributed by atoms with Crippen LogP contribution in [0.15, 0.2) is 42.5 Å². The molecule has 2 rings (SSSR count). The summed E-state index contributed by atoms with van der Waals surface area (Å²) in [5.74, 6) is -1.90. The molecule has 0 radical (unpaired) electrons. The topological polar surface area (TPSA) is 78.8 Å². The Kier molecular flexibility index (Phi) is 6.44. The SMILES string of the molecule is Cc1ccc(F)c(C(O)C(O)CNC(=O)OCc2ccccc2)c1F. The van der Waals surface area contributed by atoms with Crippen molar-refractivity contribution in [2.24, 2.45) is 0 Å². The summed E-state index contributed by atoms with van der Waals surface area (Å²) in [6, 6.07) is 11.2. The van der Waals surface area contributed by atoms with Crippen LogP contribution in [0.25, 0.3) is 0 Å². The summed E-state index contributed by atoms with van der Waals surface area (Å²) in [6.07, 6.45) is -4.25. The number of ether oxygens (including phenoxy) is 1. The van der Waals surface area contributed by atoms with E-state index in [9.17, 15) is 23.8 Å². The average Bonchev–Trinajstić information content (AvgIpc) is 2.62. The molecule has 0 heterocycles. The van der Waals surface area contributed by atoms with Crippen LogP contribution >= 0.6 is 0 Å². The first-order valence-electron chi connectivity index (χ1n) is 7.65. The molecule has 25 heavy (non-hydrogen) atoms. The number of hydrogen-bond acceptors (Lipinski definition) is 4. The predicted molar refractivity (Wildman–Crippen MR) is 86.7 cm³/mol. The van der Waals surface area contributed by atoms with Crippen LogP contribution in [0.3, 0.4) is 0 Å². The lowest BCUT2D eigenvalue weighted by Crippen LogP contribution is -2.36. The third kappa shape index (κ3) is 4.98. The van der Waals surface area contributed by atoms with Gasteiger partial charge in [-0.05, 0) is 24.1 Å². The first-order chi connectivity index (χ1) is 11.9. The summed E-state index contributed by atoms with van der Waals surface area (Å²) < 4.78 is 32.6. The van der Waals surface area contributed by atoms with Gasteiger partial charge in [-0.1, -0.05) is 36.4 Å². The van der Waals surface area contributed by atoms with E-state index in [1.54, 1.807) is 24.3 Å². The number of carbonyl (C=O) groups excluding carboxylic acids is 1. The van der Waals surface area contributed by atoms with Gasteiger partial charge in [-0.15, -0.1) is 0 Å². The fourth-order valence-electron chi connectivity index (χ4n) is 2.22. The maximum atomic E-state index is 14.0. The van der Waals surface area contributed by atoms with E-state index in [0.29, 0.717) is 0 Å². The van der Waals surface area contributed by atoms with Crippen LogP contribution in [0.2, 0.25) is 0 Å². The third-order valence-corrected chi connectivity index (χ3v) is 3.65. The minimum atomic E-state index is -1.82. The fraction of sp³-hybridized carbons (Fsp3) is 0.278. The van der Waals surface area contributed by atoms with E-state index >= 15 is 0 Å². The van der Waals surface area contributed by atoms with Gasteiger partial charge in [0.2, 0.25) is 0 Å². The van der Waals surface area contributed by atoms with E-state index < -0.39 is 42.0 Å². The van der Waals surface area contributed by atoms with Crippen molar-refractivity contribution in [3.05, 3.63) is 70.8 Å². The van der Waals surface area contributed by atoms with Gasteiger partial charge in [-0.25, -0.2) is 13.6 Å². The second-order valence-corrected chi connectivity index (χ2v) is 5.55. The molecule has 7 heteroatoms. The highest BCUT2D eigenvalue weighted by atomic mass is 19.1. The Morgan fingerprint density at radius 2 is 1.84 bits per heavy atom. The molecule has 0 spiro atoms. The summed E-state index contributed by atoms with van der Waals surface area (Å²) >= 11 is 0. The van der Waals surface area contributed by atoms with Crippen molar-refractivity contribution in [2.45, 2.75) is 25.7 Å². The Morgan fingerprint density at radius 3 is 2.52 bits per heavy atom. The lowest BCUT2D eigenvalue weighted by atomic mass is 10.0. The first-order valence-corrected chi connectivity index (χ1v) is 7.65. The lowest BCUT2D eigenvalue weighted by Gasteiger charge is -2.20. The summed E-state index contributed by atoms with van der Waals surface area (Å²) in [4.78, 5) is 11.6. The maximum absolute atomic E-state index is 14.0. The predicted octanol–water partition coefficient (Wildman–Crippen LogP) is 2.59. The van der Waals surface area contributed by atoms with Crippen molar-refractivity contribution in [3.63, 3.8) is 0 Å². The van der Waals surface area contributed by atoms with Crippen molar-refractivity contribution in [1.29, 1.82) is 0 Å². The number of amides is 1. The highest BCUT2D eigenvalue weighted by Gasteiger charge is 2.26. The number of benzene rings is 2. The molecule has 2 atom stereocenters. The molecule has 0 saturated heterocycles. The highest BCUT2D eigenvalue weighted by Crippen LogP contribution is 2.25. The largest absolute Gasteiger partial charge is 0.445 e. The maximum Gasteiger partial charge on any atom is 0.407 e. The molecule has 0 aliphatic rings. The number of carbonyl (C=O) groups is 1. The quantitative estimate of drug-likeness (QED) is 0.747. The summed E-state index contributed by atoms with van der Waals surface area (Å²) in [5.41, 5.74) is 0.284. The zero-order valence-corrected chi connectivity index (χ0v) is 13.6. The number of aliphatic hydroxyl groups excluding tert-OH is 2. The zero-order valence-electron chi connectivity index (χ0n) is 13.6. The van der Waals surface area contributed by atoms with E-state index in [-0.39, 0.29) is 12.2 Å². The minimum absolute atomic E-state index is 0.0342. The Bertz CT molecular complexity index is 725. The van der Waals surface area contributed by atoms with Gasteiger partial charge in [0.25, 0.3) is 0 Å². The van der Waals surface area contributed by atoms with Gasteiger partial charge in [0, 0.05) is 6.54 Å². The normalized spacial score (nSPS) is 13.2. The molecule has 0 aromatic heterocycles. The molecule has 0 aliphatic heterocycles. The van der Waals surface area contributed by atoms with Crippen molar-refractivity contribution < 1.29 is 28.5 Å². The van der Waals surface area contributed by atoms with Crippen LogP contribution in [-0.2, 0) is 11.3 Å². The van der Waals surface area contributed by atoms with Gasteiger partial charge in [0.05, 0.1) is 5.56 Å². The van der Waals surface area contributed by atoms with Crippen LogP contribution in [0, 0.1) is 18.6 Å². The Balaban J connectivity index is 1.88. The molecular weight excluding hydrogens is 332 g/mol. The Labute approximate surface area is 143 Å². The molecule has 134 valence electrons. The number of hydrogen-bond donors (Lipinski definition) is 3. The van der Waals surface area contributed by atoms with E-state index in [0.717, 1.165) is 11.6 Å². The lowest BCUT2D eigenvalue weighted by molar-refractivity contribution is 0.0142. The van der Waals surface area contributed by atoms with Crippen molar-refractivity contribution in [1.82, 2.24) is 5.32 Å². The van der Waals surface area contributed by atoms with Crippen molar-refractivity contribution in [2.75, 3.05) is 6.54 Å². The molecule has 1 amide bonds. The number of aryl methyl sites for hydroxylation is 1. The number of halogens is 2. The van der Waals surface area contributed by atoms with Gasteiger partial charge in [0.15, 0.2) is 0 Å². The van der Waals surface area contributed by atoms with E-state index in [2.05, 4.69) is 5.32 Å². The minimum Gasteiger partial charge on any atom is -0.445 e. The molecule has 5 nitrogen and oxygen atoms in total. The second-order valence-electron chi connectivity index (χ2n) is 5.55. The first kappa shape index (κ1) is 18.8. The monoisotopic (exact) mass is 351 g/mol. The fourth-order valence-corrected chi connectivity index (χ4v) is 2.22. The van der Waals surface area contributed by atoms with E-state index in [4.69, 9.17) is 4.74 Å². The van der Waals surface area contributed by atoms with Gasteiger partial charge in [-0.2, -0.15) is 0 Å². The van der Waals surface area contributed by atoms with E-state index in [1.165, 1.54) is 13.0 Å². The van der Waals surface area contributed by atoms with Crippen LogP contribution in [0.4, 0.5) is 13.6 Å². The number of alkyl carbamates (subject to hydrolysis) is 1. The summed E-state index contributed by atoms with van der Waals surface area (Å²) in [6.45, 7) is 1.02. The number of aliphatic hydroxyl groups is 2. The van der Waals surface area contributed by atoms with Gasteiger partial charge < -0.3 is 20.3 Å². The van der Waals surface area contributed by atoms with Gasteiger partial charge in [0.1, 0.15) is 30.4 Å². The number of rotatable bonds is 6. The summed E-state index contributed by atoms with van der Waals surface area (Å²) in [7, 11) is 0.